The molecular formula is C23H34N4O3. The Kier molecular flexibility index (Phi) is 7.23. The smallest absolute Gasteiger partial charge is 0.223 e. The molecule has 3 aliphatic heterocycles. The summed E-state index contributed by atoms with van der Waals surface area (Å²) in [5.74, 6) is 1.14. The van der Waals surface area contributed by atoms with Crippen LogP contribution in [-0.4, -0.2) is 73.3 Å². The summed E-state index contributed by atoms with van der Waals surface area (Å²) in [4.78, 5) is 21.6. The SMILES string of the molecule is CCNC(=NCCCC(=O)N1Cc2ccccc2C1)N1CCOC(C2CCCO2)C1. The molecule has 1 aromatic rings. The highest BCUT2D eigenvalue weighted by Crippen LogP contribution is 2.23. The number of carbonyl (C=O) groups is 1. The first-order valence-corrected chi connectivity index (χ1v) is 11.4. The monoisotopic (exact) mass is 414 g/mol. The van der Waals surface area contributed by atoms with E-state index in [4.69, 9.17) is 14.5 Å². The van der Waals surface area contributed by atoms with Gasteiger partial charge in [0.05, 0.1) is 12.7 Å². The van der Waals surface area contributed by atoms with Gasteiger partial charge in [-0.3, -0.25) is 9.79 Å². The molecule has 0 spiro atoms. The summed E-state index contributed by atoms with van der Waals surface area (Å²) in [6.45, 7) is 8.21. The van der Waals surface area contributed by atoms with Crippen LogP contribution in [-0.2, 0) is 27.4 Å². The highest BCUT2D eigenvalue weighted by molar-refractivity contribution is 5.80. The number of ether oxygens (including phenoxy) is 2. The number of hydrogen-bond acceptors (Lipinski definition) is 4. The van der Waals surface area contributed by atoms with Crippen molar-refractivity contribution in [1.82, 2.24) is 15.1 Å². The number of hydrogen-bond donors (Lipinski definition) is 1. The Morgan fingerprint density at radius 2 is 1.90 bits per heavy atom. The number of nitrogens with one attached hydrogen (secondary N) is 1. The van der Waals surface area contributed by atoms with Crippen molar-refractivity contribution in [3.63, 3.8) is 0 Å². The number of amides is 1. The van der Waals surface area contributed by atoms with Gasteiger partial charge in [-0.25, -0.2) is 0 Å². The van der Waals surface area contributed by atoms with Crippen molar-refractivity contribution < 1.29 is 14.3 Å². The second-order valence-electron chi connectivity index (χ2n) is 8.26. The van der Waals surface area contributed by atoms with Gasteiger partial charge in [0.25, 0.3) is 0 Å². The van der Waals surface area contributed by atoms with E-state index >= 15 is 0 Å². The fourth-order valence-corrected chi connectivity index (χ4v) is 4.50. The van der Waals surface area contributed by atoms with Gasteiger partial charge < -0.3 is 24.6 Å². The Morgan fingerprint density at radius 1 is 1.13 bits per heavy atom. The van der Waals surface area contributed by atoms with Crippen molar-refractivity contribution >= 4 is 11.9 Å². The molecule has 3 heterocycles. The molecule has 4 rings (SSSR count). The molecule has 2 fully saturated rings. The van der Waals surface area contributed by atoms with Crippen LogP contribution in [0.5, 0.6) is 0 Å². The predicted molar refractivity (Wildman–Crippen MR) is 116 cm³/mol. The first-order chi connectivity index (χ1) is 14.7. The van der Waals surface area contributed by atoms with Crippen LogP contribution >= 0.6 is 0 Å². The van der Waals surface area contributed by atoms with E-state index < -0.39 is 0 Å². The maximum Gasteiger partial charge on any atom is 0.223 e. The number of nitrogens with zero attached hydrogens (tertiary/aromatic N) is 3. The lowest BCUT2D eigenvalue weighted by atomic mass is 10.1. The maximum atomic E-state index is 12.6. The van der Waals surface area contributed by atoms with E-state index in [9.17, 15) is 4.79 Å². The molecule has 0 bridgehead atoms. The number of fused-ring (bicyclic) bond motifs is 1. The normalized spacial score (nSPS) is 24.2. The minimum atomic E-state index is 0.114. The van der Waals surface area contributed by atoms with Gasteiger partial charge in [0.1, 0.15) is 6.10 Å². The van der Waals surface area contributed by atoms with Crippen LogP contribution in [0, 0.1) is 0 Å². The number of carbonyl (C=O) groups excluding carboxylic acids is 1. The standard InChI is InChI=1S/C23H34N4O3/c1-2-24-23(26-12-14-30-21(17-26)20-9-6-13-29-20)25-11-5-10-22(28)27-15-18-7-3-4-8-19(18)16-27/h3-4,7-8,20-21H,2,5-6,9-17H2,1H3,(H,24,25). The molecule has 1 amide bonds. The molecule has 7 nitrogen and oxygen atoms in total. The van der Waals surface area contributed by atoms with Crippen molar-refractivity contribution in [2.45, 2.75) is 57.9 Å². The van der Waals surface area contributed by atoms with Crippen molar-refractivity contribution in [3.05, 3.63) is 35.4 Å². The molecule has 30 heavy (non-hydrogen) atoms. The van der Waals surface area contributed by atoms with Gasteiger partial charge in [-0.15, -0.1) is 0 Å². The molecule has 0 saturated carbocycles. The zero-order valence-electron chi connectivity index (χ0n) is 18.0. The molecule has 0 aromatic heterocycles. The molecule has 1 aromatic carbocycles. The van der Waals surface area contributed by atoms with Crippen molar-refractivity contribution in [1.29, 1.82) is 0 Å². The fraction of sp³-hybridized carbons (Fsp3) is 0.652. The average Bonchev–Trinajstić information content (AvgIpc) is 3.46. The van der Waals surface area contributed by atoms with E-state index in [1.54, 1.807) is 0 Å². The fourth-order valence-electron chi connectivity index (χ4n) is 4.50. The van der Waals surface area contributed by atoms with Gasteiger partial charge in [-0.2, -0.15) is 0 Å². The van der Waals surface area contributed by atoms with Gasteiger partial charge in [0.15, 0.2) is 5.96 Å². The van der Waals surface area contributed by atoms with Gasteiger partial charge in [0.2, 0.25) is 5.91 Å². The van der Waals surface area contributed by atoms with Gasteiger partial charge in [0, 0.05) is 52.3 Å². The van der Waals surface area contributed by atoms with Crippen molar-refractivity contribution in [2.24, 2.45) is 4.99 Å². The molecule has 7 heteroatoms. The van der Waals surface area contributed by atoms with E-state index in [1.807, 2.05) is 17.0 Å². The lowest BCUT2D eigenvalue weighted by Gasteiger charge is -2.37. The molecule has 1 N–H and O–H groups in total. The topological polar surface area (TPSA) is 66.4 Å². The summed E-state index contributed by atoms with van der Waals surface area (Å²) in [6.07, 6.45) is 3.82. The Hall–Kier alpha value is -2.12. The maximum absolute atomic E-state index is 12.6. The summed E-state index contributed by atoms with van der Waals surface area (Å²) < 4.78 is 11.8. The predicted octanol–water partition coefficient (Wildman–Crippen LogP) is 2.15. The van der Waals surface area contributed by atoms with Crippen LogP contribution in [0.3, 0.4) is 0 Å². The summed E-state index contributed by atoms with van der Waals surface area (Å²) >= 11 is 0. The second-order valence-corrected chi connectivity index (χ2v) is 8.26. The van der Waals surface area contributed by atoms with E-state index in [-0.39, 0.29) is 18.1 Å². The number of morpholine rings is 1. The Bertz CT molecular complexity index is 723. The largest absolute Gasteiger partial charge is 0.375 e. The van der Waals surface area contributed by atoms with Crippen LogP contribution < -0.4 is 5.32 Å². The lowest BCUT2D eigenvalue weighted by Crippen LogP contribution is -2.53. The van der Waals surface area contributed by atoms with E-state index in [0.29, 0.717) is 19.6 Å². The molecule has 3 aliphatic rings. The van der Waals surface area contributed by atoms with E-state index in [1.165, 1.54) is 11.1 Å². The minimum absolute atomic E-state index is 0.114. The van der Waals surface area contributed by atoms with Crippen LogP contribution in [0.2, 0.25) is 0 Å². The number of benzene rings is 1. The third-order valence-electron chi connectivity index (χ3n) is 6.11. The third-order valence-corrected chi connectivity index (χ3v) is 6.11. The van der Waals surface area contributed by atoms with Crippen LogP contribution in [0.1, 0.15) is 43.7 Å². The molecule has 2 atom stereocenters. The first-order valence-electron chi connectivity index (χ1n) is 11.4. The zero-order valence-corrected chi connectivity index (χ0v) is 18.0. The molecule has 0 aliphatic carbocycles. The first kappa shape index (κ1) is 21.1. The van der Waals surface area contributed by atoms with Crippen LogP contribution in [0.25, 0.3) is 0 Å². The van der Waals surface area contributed by atoms with Gasteiger partial charge >= 0.3 is 0 Å². The molecular weight excluding hydrogens is 380 g/mol. The Labute approximate surface area is 179 Å². The van der Waals surface area contributed by atoms with Gasteiger partial charge in [-0.1, -0.05) is 24.3 Å². The lowest BCUT2D eigenvalue weighted by molar-refractivity contribution is -0.131. The number of guanidine groups is 1. The summed E-state index contributed by atoms with van der Waals surface area (Å²) in [5, 5.41) is 3.40. The van der Waals surface area contributed by atoms with Crippen molar-refractivity contribution in [3.8, 4) is 0 Å². The molecule has 2 unspecified atom stereocenters. The Morgan fingerprint density at radius 3 is 2.60 bits per heavy atom. The molecule has 164 valence electrons. The minimum Gasteiger partial charge on any atom is -0.375 e. The summed E-state index contributed by atoms with van der Waals surface area (Å²) in [7, 11) is 0. The highest BCUT2D eigenvalue weighted by atomic mass is 16.5. The van der Waals surface area contributed by atoms with Crippen molar-refractivity contribution in [2.75, 3.05) is 39.4 Å². The van der Waals surface area contributed by atoms with Crippen LogP contribution in [0.4, 0.5) is 0 Å². The molecule has 2 saturated heterocycles. The number of rotatable bonds is 6. The summed E-state index contributed by atoms with van der Waals surface area (Å²) in [5.41, 5.74) is 2.54. The zero-order chi connectivity index (χ0) is 20.8. The van der Waals surface area contributed by atoms with E-state index in [2.05, 4.69) is 29.3 Å². The average molecular weight is 415 g/mol. The van der Waals surface area contributed by atoms with Gasteiger partial charge in [-0.05, 0) is 37.3 Å². The number of aliphatic imine (C=N–C) groups is 1. The van der Waals surface area contributed by atoms with Crippen LogP contribution in [0.15, 0.2) is 29.3 Å². The third kappa shape index (κ3) is 5.13. The van der Waals surface area contributed by atoms with E-state index in [0.717, 1.165) is 64.6 Å². The highest BCUT2D eigenvalue weighted by Gasteiger charge is 2.32. The quantitative estimate of drug-likeness (QED) is 0.439. The molecule has 0 radical (unpaired) electrons. The second kappa shape index (κ2) is 10.3. The Balaban J connectivity index is 1.25. The summed E-state index contributed by atoms with van der Waals surface area (Å²) in [6, 6.07) is 8.31.